The van der Waals surface area contributed by atoms with E-state index in [-0.39, 0.29) is 19.5 Å². The van der Waals surface area contributed by atoms with Crippen molar-refractivity contribution >= 4 is 20.4 Å². The van der Waals surface area contributed by atoms with Gasteiger partial charge in [0.15, 0.2) is 0 Å². The fourth-order valence-electron chi connectivity index (χ4n) is 0. The second kappa shape index (κ2) is 43.5. The molecule has 0 bridgehead atoms. The molecular weight excluding hydrogens is 257 g/mol. The van der Waals surface area contributed by atoms with Gasteiger partial charge in [-0.3, -0.25) is 26.9 Å². The van der Waals surface area contributed by atoms with Crippen LogP contribution in [0.15, 0.2) is 17.7 Å². The Hall–Kier alpha value is -0.887. The number of hydrogen-bond acceptors (Lipinski definition) is 3. The van der Waals surface area contributed by atoms with Crippen molar-refractivity contribution in [2.75, 3.05) is 0 Å². The van der Waals surface area contributed by atoms with Crippen LogP contribution >= 0.6 is 0 Å². The number of carbonyl (C=O) groups excluding carboxylic acids is 3. The summed E-state index contributed by atoms with van der Waals surface area (Å²) in [6.45, 7) is 22.3. The van der Waals surface area contributed by atoms with E-state index in [1.165, 1.54) is 0 Å². The third-order valence-electron chi connectivity index (χ3n) is 0.673. The summed E-state index contributed by atoms with van der Waals surface area (Å²) in [5.74, 6) is 0. The van der Waals surface area contributed by atoms with Crippen LogP contribution in [0.3, 0.4) is 0 Å². The van der Waals surface area contributed by atoms with E-state index < -0.39 is 0 Å². The Balaban J connectivity index is -0.0000000263. The van der Waals surface area contributed by atoms with Gasteiger partial charge in [-0.15, -0.1) is 6.92 Å². The maximum Gasteiger partial charge on any atom is 4.00 e. The second-order valence-electron chi connectivity index (χ2n) is 1.46. The molecule has 0 spiro atoms. The van der Waals surface area contributed by atoms with Crippen LogP contribution < -0.4 is 0 Å². The summed E-state index contributed by atoms with van der Waals surface area (Å²) in [5, 5.41) is 0. The SMILES string of the molecule is [CH-]=C(C)C(=C)C.[CH-]=O.[CH-]=O.[CH-]=O.[Ru+4]. The minimum atomic E-state index is 0. The van der Waals surface area contributed by atoms with E-state index >= 15 is 0 Å². The van der Waals surface area contributed by atoms with Crippen LogP contribution in [0.1, 0.15) is 13.8 Å². The number of rotatable bonds is 1. The standard InChI is InChI=1S/C6H9.3CHO.Ru/c1-5(2)6(3)4;3*1-2;/h1H,3H2,2,4H3;3*1H;/q4*-1;+4. The van der Waals surface area contributed by atoms with Crippen molar-refractivity contribution < 1.29 is 33.9 Å². The minimum absolute atomic E-state index is 0. The number of allylic oxidation sites excluding steroid dienone is 2. The zero-order valence-electron chi connectivity index (χ0n) is 7.59. The van der Waals surface area contributed by atoms with E-state index in [1.54, 1.807) is 0 Å². The van der Waals surface area contributed by atoms with Crippen molar-refractivity contribution in [3.05, 3.63) is 24.3 Å². The van der Waals surface area contributed by atoms with Gasteiger partial charge < -0.3 is 14.4 Å². The maximum absolute atomic E-state index is 7.75. The van der Waals surface area contributed by atoms with Crippen molar-refractivity contribution in [1.82, 2.24) is 0 Å². The molecule has 0 amide bonds. The molecule has 0 heterocycles. The van der Waals surface area contributed by atoms with Gasteiger partial charge in [0.05, 0.1) is 0 Å². The quantitative estimate of drug-likeness (QED) is 0.310. The van der Waals surface area contributed by atoms with Crippen LogP contribution in [0.5, 0.6) is 0 Å². The molecule has 13 heavy (non-hydrogen) atoms. The Bertz CT molecular complexity index is 107. The molecule has 0 rings (SSSR count). The van der Waals surface area contributed by atoms with Crippen molar-refractivity contribution in [3.8, 4) is 0 Å². The van der Waals surface area contributed by atoms with E-state index in [0.717, 1.165) is 11.1 Å². The average Bonchev–Trinajstić information content (AvgIpc) is 2.14. The molecule has 0 atom stereocenters. The first-order chi connectivity index (χ1) is 5.64. The third-order valence-corrected chi connectivity index (χ3v) is 0.673. The van der Waals surface area contributed by atoms with Gasteiger partial charge in [-0.25, -0.2) is 11.1 Å². The molecule has 0 N–H and O–H groups in total. The molecule has 0 aliphatic carbocycles. The van der Waals surface area contributed by atoms with Gasteiger partial charge in [-0.1, -0.05) is 6.92 Å². The van der Waals surface area contributed by atoms with E-state index in [1.807, 2.05) is 13.8 Å². The smallest absolute Gasteiger partial charge is 0.545 e. The Kier molecular flexibility index (Phi) is 98.9. The van der Waals surface area contributed by atoms with E-state index in [0.29, 0.717) is 0 Å². The molecule has 0 aromatic heterocycles. The van der Waals surface area contributed by atoms with Crippen LogP contribution in [0, 0.1) is 6.58 Å². The molecule has 0 aromatic carbocycles. The third kappa shape index (κ3) is 95.2. The molecule has 0 unspecified atom stereocenters. The normalized spacial score (nSPS) is 4.46. The van der Waals surface area contributed by atoms with Crippen LogP contribution in [0.4, 0.5) is 0 Å². The predicted molar refractivity (Wildman–Crippen MR) is 48.6 cm³/mol. The van der Waals surface area contributed by atoms with Crippen molar-refractivity contribution in [2.24, 2.45) is 0 Å². The number of hydrogen-bond donors (Lipinski definition) is 0. The summed E-state index contributed by atoms with van der Waals surface area (Å²) in [4.78, 5) is 23.2. The molecule has 4 heteroatoms. The van der Waals surface area contributed by atoms with Crippen molar-refractivity contribution in [3.63, 3.8) is 0 Å². The Labute approximate surface area is 92.7 Å². The fraction of sp³-hybridized carbons (Fsp3) is 0.222. The Morgan fingerprint density at radius 3 is 1.00 bits per heavy atom. The molecule has 0 aromatic rings. The van der Waals surface area contributed by atoms with E-state index in [4.69, 9.17) is 21.0 Å². The predicted octanol–water partition coefficient (Wildman–Crippen LogP) is 1.12. The molecule has 74 valence electrons. The maximum atomic E-state index is 7.75. The summed E-state index contributed by atoms with van der Waals surface area (Å²) in [7, 11) is 0. The molecule has 0 radical (unpaired) electrons. The van der Waals surface area contributed by atoms with Gasteiger partial charge in [0.1, 0.15) is 0 Å². The largest absolute Gasteiger partial charge is 4.00 e. The zero-order valence-corrected chi connectivity index (χ0v) is 9.33. The first-order valence-corrected chi connectivity index (χ1v) is 2.60. The Morgan fingerprint density at radius 2 is 1.00 bits per heavy atom. The molecule has 0 fully saturated rings. The molecule has 3 nitrogen and oxygen atoms in total. The molecule has 0 saturated heterocycles. The van der Waals surface area contributed by atoms with Crippen LogP contribution in [-0.4, -0.2) is 20.4 Å². The van der Waals surface area contributed by atoms with E-state index in [2.05, 4.69) is 26.9 Å². The molecule has 0 aliphatic rings. The summed E-state index contributed by atoms with van der Waals surface area (Å²) in [6, 6.07) is 0. The van der Waals surface area contributed by atoms with Gasteiger partial charge in [0.2, 0.25) is 0 Å². The summed E-state index contributed by atoms with van der Waals surface area (Å²) in [5.41, 5.74) is 1.77. The first kappa shape index (κ1) is 29.6. The van der Waals surface area contributed by atoms with E-state index in [9.17, 15) is 0 Å². The van der Waals surface area contributed by atoms with Crippen molar-refractivity contribution in [1.29, 1.82) is 0 Å². The van der Waals surface area contributed by atoms with Crippen LogP contribution in [0.2, 0.25) is 0 Å². The van der Waals surface area contributed by atoms with Gasteiger partial charge >= 0.3 is 19.5 Å². The molecule has 0 aliphatic heterocycles. The zero-order chi connectivity index (χ0) is 11.2. The van der Waals surface area contributed by atoms with Crippen LogP contribution in [-0.2, 0) is 33.9 Å². The topological polar surface area (TPSA) is 51.2 Å². The minimum Gasteiger partial charge on any atom is -0.545 e. The fourth-order valence-corrected chi connectivity index (χ4v) is 0. The monoisotopic (exact) mass is 270 g/mol. The first-order valence-electron chi connectivity index (χ1n) is 2.60. The van der Waals surface area contributed by atoms with Crippen LogP contribution in [0.25, 0.3) is 0 Å². The van der Waals surface area contributed by atoms with Gasteiger partial charge in [-0.2, -0.15) is 6.58 Å². The second-order valence-corrected chi connectivity index (χ2v) is 1.46. The molecular formula is C9H12O3Ru. The Morgan fingerprint density at radius 1 is 0.923 bits per heavy atom. The summed E-state index contributed by atoms with van der Waals surface area (Å²) < 4.78 is 0. The van der Waals surface area contributed by atoms with Gasteiger partial charge in [0, 0.05) is 0 Å². The summed E-state index contributed by atoms with van der Waals surface area (Å²) in [6.07, 6.45) is 0. The summed E-state index contributed by atoms with van der Waals surface area (Å²) >= 11 is 0. The van der Waals surface area contributed by atoms with Gasteiger partial charge in [-0.05, 0) is 0 Å². The van der Waals surface area contributed by atoms with Gasteiger partial charge in [0.25, 0.3) is 0 Å². The average molecular weight is 269 g/mol. The molecule has 0 saturated carbocycles. The van der Waals surface area contributed by atoms with Crippen molar-refractivity contribution in [2.45, 2.75) is 13.8 Å².